The molecule has 2 heterocycles. The predicted octanol–water partition coefficient (Wildman–Crippen LogP) is -0.844. The Bertz CT molecular complexity index is 454. The maximum atomic E-state index is 12.1. The number of piperazine rings is 1. The zero-order valence-corrected chi connectivity index (χ0v) is 9.68. The van der Waals surface area contributed by atoms with Gasteiger partial charge < -0.3 is 10.2 Å². The maximum absolute atomic E-state index is 12.1. The number of carbonyl (C=O) groups is 1. The van der Waals surface area contributed by atoms with Gasteiger partial charge in [-0.2, -0.15) is 5.26 Å². The van der Waals surface area contributed by atoms with Crippen LogP contribution in [0.4, 0.5) is 0 Å². The first-order valence-corrected chi connectivity index (χ1v) is 5.51. The van der Waals surface area contributed by atoms with Crippen molar-refractivity contribution in [3.8, 4) is 6.07 Å². The molecule has 0 atom stereocenters. The smallest absolute Gasteiger partial charge is 0.276 e. The lowest BCUT2D eigenvalue weighted by Crippen LogP contribution is -2.46. The number of rotatable bonds is 2. The molecular formula is C10H14N6O. The number of aromatic nitrogens is 3. The number of nitrogens with zero attached hydrogens (tertiary/aromatic N) is 5. The van der Waals surface area contributed by atoms with Gasteiger partial charge in [0.15, 0.2) is 5.69 Å². The molecule has 1 amide bonds. The van der Waals surface area contributed by atoms with E-state index in [0.717, 1.165) is 13.1 Å². The van der Waals surface area contributed by atoms with Gasteiger partial charge in [-0.3, -0.25) is 4.79 Å². The minimum Gasteiger partial charge on any atom is -0.335 e. The lowest BCUT2D eigenvalue weighted by atomic mass is 10.2. The molecule has 0 spiro atoms. The van der Waals surface area contributed by atoms with Gasteiger partial charge in [-0.05, 0) is 6.92 Å². The fourth-order valence-corrected chi connectivity index (χ4v) is 1.79. The molecule has 1 aromatic rings. The maximum Gasteiger partial charge on any atom is 0.276 e. The van der Waals surface area contributed by atoms with Crippen molar-refractivity contribution in [1.29, 1.82) is 5.26 Å². The molecular weight excluding hydrogens is 220 g/mol. The summed E-state index contributed by atoms with van der Waals surface area (Å²) in [6, 6.07) is 1.98. The Balaban J connectivity index is 2.16. The molecule has 7 heteroatoms. The molecule has 1 N–H and O–H groups in total. The second-order valence-electron chi connectivity index (χ2n) is 3.88. The molecule has 2 rings (SSSR count). The molecule has 0 aliphatic carbocycles. The molecule has 0 saturated carbocycles. The van der Waals surface area contributed by atoms with Gasteiger partial charge in [-0.1, -0.05) is 5.21 Å². The van der Waals surface area contributed by atoms with E-state index in [1.807, 2.05) is 6.07 Å². The third kappa shape index (κ3) is 2.26. The van der Waals surface area contributed by atoms with Gasteiger partial charge >= 0.3 is 0 Å². The molecule has 0 unspecified atom stereocenters. The lowest BCUT2D eigenvalue weighted by molar-refractivity contribution is 0.0729. The van der Waals surface area contributed by atoms with E-state index in [-0.39, 0.29) is 12.5 Å². The molecule has 1 aromatic heterocycles. The van der Waals surface area contributed by atoms with Crippen LogP contribution in [-0.4, -0.2) is 52.0 Å². The van der Waals surface area contributed by atoms with Crippen molar-refractivity contribution in [3.05, 3.63) is 11.4 Å². The zero-order valence-electron chi connectivity index (χ0n) is 9.68. The Labute approximate surface area is 99.0 Å². The van der Waals surface area contributed by atoms with Gasteiger partial charge in [0.1, 0.15) is 6.54 Å². The molecule has 17 heavy (non-hydrogen) atoms. The second kappa shape index (κ2) is 4.93. The van der Waals surface area contributed by atoms with Crippen LogP contribution in [-0.2, 0) is 6.54 Å². The molecule has 1 aliphatic heterocycles. The van der Waals surface area contributed by atoms with E-state index in [2.05, 4.69) is 15.6 Å². The molecule has 1 fully saturated rings. The van der Waals surface area contributed by atoms with Gasteiger partial charge in [0, 0.05) is 26.2 Å². The van der Waals surface area contributed by atoms with Crippen LogP contribution >= 0.6 is 0 Å². The van der Waals surface area contributed by atoms with E-state index < -0.39 is 0 Å². The summed E-state index contributed by atoms with van der Waals surface area (Å²) in [7, 11) is 0. The van der Waals surface area contributed by atoms with Gasteiger partial charge in [0.05, 0.1) is 11.8 Å². The van der Waals surface area contributed by atoms with Crippen molar-refractivity contribution in [2.24, 2.45) is 0 Å². The standard InChI is InChI=1S/C10H14N6O/c1-8-9(13-14-16(8)5-2-11)10(17)15-6-3-12-4-7-15/h12H,3-7H2,1H3. The van der Waals surface area contributed by atoms with Gasteiger partial charge in [0.25, 0.3) is 5.91 Å². The Kier molecular flexibility index (Phi) is 3.35. The van der Waals surface area contributed by atoms with E-state index in [9.17, 15) is 4.79 Å². The molecule has 0 aromatic carbocycles. The summed E-state index contributed by atoms with van der Waals surface area (Å²) < 4.78 is 1.44. The van der Waals surface area contributed by atoms with E-state index >= 15 is 0 Å². The van der Waals surface area contributed by atoms with Crippen LogP contribution in [0.1, 0.15) is 16.2 Å². The normalized spacial score (nSPS) is 15.6. The zero-order chi connectivity index (χ0) is 12.3. The minimum atomic E-state index is -0.104. The van der Waals surface area contributed by atoms with Crippen LogP contribution in [0.3, 0.4) is 0 Å². The number of nitriles is 1. The van der Waals surface area contributed by atoms with E-state index in [1.165, 1.54) is 4.68 Å². The quantitative estimate of drug-likeness (QED) is 0.720. The molecule has 0 radical (unpaired) electrons. The number of hydrogen-bond acceptors (Lipinski definition) is 5. The highest BCUT2D eigenvalue weighted by molar-refractivity contribution is 5.93. The highest BCUT2D eigenvalue weighted by Gasteiger charge is 2.23. The van der Waals surface area contributed by atoms with Crippen LogP contribution in [0.2, 0.25) is 0 Å². The van der Waals surface area contributed by atoms with Crippen molar-refractivity contribution in [2.75, 3.05) is 26.2 Å². The van der Waals surface area contributed by atoms with Crippen molar-refractivity contribution in [1.82, 2.24) is 25.2 Å². The summed E-state index contributed by atoms with van der Waals surface area (Å²) in [5.74, 6) is -0.104. The monoisotopic (exact) mass is 234 g/mol. The van der Waals surface area contributed by atoms with Crippen LogP contribution in [0, 0.1) is 18.3 Å². The summed E-state index contributed by atoms with van der Waals surface area (Å²) in [5.41, 5.74) is 0.997. The third-order valence-electron chi connectivity index (χ3n) is 2.81. The Morgan fingerprint density at radius 3 is 2.88 bits per heavy atom. The van der Waals surface area contributed by atoms with Crippen molar-refractivity contribution in [2.45, 2.75) is 13.5 Å². The molecule has 1 saturated heterocycles. The van der Waals surface area contributed by atoms with E-state index in [4.69, 9.17) is 5.26 Å². The predicted molar refractivity (Wildman–Crippen MR) is 59.1 cm³/mol. The largest absolute Gasteiger partial charge is 0.335 e. The van der Waals surface area contributed by atoms with Crippen molar-refractivity contribution in [3.63, 3.8) is 0 Å². The van der Waals surface area contributed by atoms with Crippen LogP contribution in [0.25, 0.3) is 0 Å². The summed E-state index contributed by atoms with van der Waals surface area (Å²) in [5, 5.41) is 19.4. The highest BCUT2D eigenvalue weighted by atomic mass is 16.2. The molecule has 0 bridgehead atoms. The molecule has 7 nitrogen and oxygen atoms in total. The second-order valence-corrected chi connectivity index (χ2v) is 3.88. The molecule has 1 aliphatic rings. The summed E-state index contributed by atoms with van der Waals surface area (Å²) in [6.07, 6.45) is 0. The summed E-state index contributed by atoms with van der Waals surface area (Å²) >= 11 is 0. The fraction of sp³-hybridized carbons (Fsp3) is 0.600. The Hall–Kier alpha value is -1.94. The minimum absolute atomic E-state index is 0.104. The summed E-state index contributed by atoms with van der Waals surface area (Å²) in [6.45, 7) is 4.85. The van der Waals surface area contributed by atoms with Crippen molar-refractivity contribution >= 4 is 5.91 Å². The Morgan fingerprint density at radius 2 is 2.24 bits per heavy atom. The first kappa shape index (κ1) is 11.5. The Morgan fingerprint density at radius 1 is 1.53 bits per heavy atom. The SMILES string of the molecule is Cc1c(C(=O)N2CCNCC2)nnn1CC#N. The topological polar surface area (TPSA) is 86.8 Å². The van der Waals surface area contributed by atoms with Gasteiger partial charge in [-0.25, -0.2) is 4.68 Å². The number of carbonyl (C=O) groups excluding carboxylic acids is 1. The third-order valence-corrected chi connectivity index (χ3v) is 2.81. The lowest BCUT2D eigenvalue weighted by Gasteiger charge is -2.26. The number of hydrogen-bond donors (Lipinski definition) is 1. The van der Waals surface area contributed by atoms with Gasteiger partial charge in [-0.15, -0.1) is 5.10 Å². The van der Waals surface area contributed by atoms with Crippen LogP contribution < -0.4 is 5.32 Å². The fourth-order valence-electron chi connectivity index (χ4n) is 1.79. The highest BCUT2D eigenvalue weighted by Crippen LogP contribution is 2.08. The molecule has 90 valence electrons. The number of amides is 1. The van der Waals surface area contributed by atoms with Crippen LogP contribution in [0.5, 0.6) is 0 Å². The van der Waals surface area contributed by atoms with Crippen molar-refractivity contribution < 1.29 is 4.79 Å². The summed E-state index contributed by atoms with van der Waals surface area (Å²) in [4.78, 5) is 13.9. The average molecular weight is 234 g/mol. The van der Waals surface area contributed by atoms with Crippen LogP contribution in [0.15, 0.2) is 0 Å². The average Bonchev–Trinajstić information content (AvgIpc) is 2.72. The van der Waals surface area contributed by atoms with E-state index in [0.29, 0.717) is 24.5 Å². The van der Waals surface area contributed by atoms with Gasteiger partial charge in [0.2, 0.25) is 0 Å². The number of nitrogens with one attached hydrogen (secondary N) is 1. The van der Waals surface area contributed by atoms with E-state index in [1.54, 1.807) is 11.8 Å². The first-order valence-electron chi connectivity index (χ1n) is 5.51. The first-order chi connectivity index (χ1) is 8.24.